The normalized spacial score (nSPS) is 11.1. The Kier molecular flexibility index (Phi) is 8.76. The summed E-state index contributed by atoms with van der Waals surface area (Å²) in [4.78, 5) is 12.9. The molecule has 0 saturated heterocycles. The fourth-order valence-electron chi connectivity index (χ4n) is 3.50. The minimum absolute atomic E-state index is 0.0976. The van der Waals surface area contributed by atoms with Crippen LogP contribution in [0, 0.1) is 20.8 Å². The van der Waals surface area contributed by atoms with Crippen LogP contribution in [0.5, 0.6) is 11.5 Å². The van der Waals surface area contributed by atoms with E-state index in [-0.39, 0.29) is 18.0 Å². The molecule has 0 aliphatic heterocycles. The summed E-state index contributed by atoms with van der Waals surface area (Å²) in [5.41, 5.74) is 3.40. The molecule has 186 valence electrons. The number of hydrogen-bond donors (Lipinski definition) is 1. The van der Waals surface area contributed by atoms with Crippen molar-refractivity contribution in [2.45, 2.75) is 32.6 Å². The number of nitrogens with zero attached hydrogens (tertiary/aromatic N) is 1. The van der Waals surface area contributed by atoms with Gasteiger partial charge in [-0.15, -0.1) is 0 Å². The molecule has 0 atom stereocenters. The number of hydrogen-bond acceptors (Lipinski definition) is 5. The van der Waals surface area contributed by atoms with Crippen molar-refractivity contribution in [3.05, 3.63) is 83.4 Å². The van der Waals surface area contributed by atoms with Crippen molar-refractivity contribution in [1.82, 2.24) is 5.32 Å². The molecule has 0 spiro atoms. The number of amides is 1. The smallest absolute Gasteiger partial charge is 0.264 e. The fraction of sp³-hybridized carbons (Fsp3) is 0.296. The van der Waals surface area contributed by atoms with Crippen LogP contribution in [0.25, 0.3) is 0 Å². The minimum Gasteiger partial charge on any atom is -0.492 e. The molecule has 0 saturated carbocycles. The van der Waals surface area contributed by atoms with Crippen molar-refractivity contribution < 1.29 is 22.7 Å². The molecular formula is C27H32N2O5S. The van der Waals surface area contributed by atoms with Crippen LogP contribution in [-0.2, 0) is 14.8 Å². The Morgan fingerprint density at radius 2 is 1.57 bits per heavy atom. The third kappa shape index (κ3) is 6.54. The number of carbonyl (C=O) groups excluding carboxylic acids is 1. The molecule has 7 nitrogen and oxygen atoms in total. The average Bonchev–Trinajstić information content (AvgIpc) is 2.84. The van der Waals surface area contributed by atoms with E-state index in [1.807, 2.05) is 45.9 Å². The summed E-state index contributed by atoms with van der Waals surface area (Å²) in [5, 5.41) is 2.76. The van der Waals surface area contributed by atoms with Gasteiger partial charge in [0, 0.05) is 0 Å². The van der Waals surface area contributed by atoms with E-state index in [1.165, 1.54) is 12.1 Å². The van der Waals surface area contributed by atoms with E-state index in [2.05, 4.69) is 5.32 Å². The highest BCUT2D eigenvalue weighted by molar-refractivity contribution is 7.92. The molecule has 0 heterocycles. The van der Waals surface area contributed by atoms with Crippen LogP contribution in [0.15, 0.2) is 71.6 Å². The summed E-state index contributed by atoms with van der Waals surface area (Å²) < 4.78 is 39.7. The second kappa shape index (κ2) is 11.8. The molecule has 8 heteroatoms. The van der Waals surface area contributed by atoms with Crippen LogP contribution in [0.4, 0.5) is 5.69 Å². The van der Waals surface area contributed by atoms with E-state index in [0.717, 1.165) is 26.7 Å². The lowest BCUT2D eigenvalue weighted by Gasteiger charge is -2.26. The van der Waals surface area contributed by atoms with Gasteiger partial charge in [0.2, 0.25) is 5.91 Å². The van der Waals surface area contributed by atoms with E-state index in [1.54, 1.807) is 36.4 Å². The van der Waals surface area contributed by atoms with E-state index in [9.17, 15) is 13.2 Å². The maximum absolute atomic E-state index is 13.6. The number of benzene rings is 3. The summed E-state index contributed by atoms with van der Waals surface area (Å²) >= 11 is 0. The lowest BCUT2D eigenvalue weighted by Crippen LogP contribution is -2.42. The van der Waals surface area contributed by atoms with Crippen LogP contribution in [0.2, 0.25) is 0 Å². The molecule has 0 aliphatic carbocycles. The quantitative estimate of drug-likeness (QED) is 0.398. The first kappa shape index (κ1) is 26.1. The van der Waals surface area contributed by atoms with E-state index >= 15 is 0 Å². The zero-order valence-corrected chi connectivity index (χ0v) is 21.4. The van der Waals surface area contributed by atoms with E-state index in [4.69, 9.17) is 9.47 Å². The fourth-order valence-corrected chi connectivity index (χ4v) is 4.93. The van der Waals surface area contributed by atoms with Crippen molar-refractivity contribution in [1.29, 1.82) is 0 Å². The second-order valence-corrected chi connectivity index (χ2v) is 9.98. The van der Waals surface area contributed by atoms with E-state index < -0.39 is 22.5 Å². The summed E-state index contributed by atoms with van der Waals surface area (Å²) in [5.74, 6) is 0.696. The Balaban J connectivity index is 1.77. The van der Waals surface area contributed by atoms with Gasteiger partial charge in [0.1, 0.15) is 24.7 Å². The molecule has 0 aromatic heterocycles. The number of para-hydroxylation sites is 2. The summed E-state index contributed by atoms with van der Waals surface area (Å²) in [7, 11) is -4.03. The lowest BCUT2D eigenvalue weighted by atomic mass is 10.1. The maximum Gasteiger partial charge on any atom is 0.264 e. The maximum atomic E-state index is 13.6. The molecule has 1 N–H and O–H groups in total. The van der Waals surface area contributed by atoms with Gasteiger partial charge in [0.05, 0.1) is 23.7 Å². The van der Waals surface area contributed by atoms with Gasteiger partial charge in [0.15, 0.2) is 0 Å². The highest BCUT2D eigenvalue weighted by Crippen LogP contribution is 2.32. The highest BCUT2D eigenvalue weighted by Gasteiger charge is 2.29. The standard InChI is InChI=1S/C27H32N2O5S/c1-5-33-26-11-7-6-10-24(26)29(35(31,32)23-15-13-20(2)14-16-23)19-27(30)28-17-18-34-25-12-8-9-21(3)22(25)4/h6-16H,5,17-19H2,1-4H3,(H,28,30). The molecule has 0 fully saturated rings. The number of aryl methyl sites for hydroxylation is 2. The highest BCUT2D eigenvalue weighted by atomic mass is 32.2. The van der Waals surface area contributed by atoms with Gasteiger partial charge in [0.25, 0.3) is 10.0 Å². The van der Waals surface area contributed by atoms with Gasteiger partial charge < -0.3 is 14.8 Å². The number of ether oxygens (including phenoxy) is 2. The topological polar surface area (TPSA) is 84.9 Å². The largest absolute Gasteiger partial charge is 0.492 e. The van der Waals surface area contributed by atoms with Crippen molar-refractivity contribution in [3.63, 3.8) is 0 Å². The molecule has 3 rings (SSSR count). The number of sulfonamides is 1. The van der Waals surface area contributed by atoms with Gasteiger partial charge in [-0.05, 0) is 69.2 Å². The minimum atomic E-state index is -4.03. The molecule has 0 unspecified atom stereocenters. The Bertz CT molecular complexity index is 1260. The third-order valence-corrected chi connectivity index (χ3v) is 7.34. The van der Waals surface area contributed by atoms with Gasteiger partial charge in [-0.2, -0.15) is 0 Å². The molecule has 3 aromatic rings. The summed E-state index contributed by atoms with van der Waals surface area (Å²) in [6, 6.07) is 19.1. The summed E-state index contributed by atoms with van der Waals surface area (Å²) in [6.07, 6.45) is 0. The zero-order chi connectivity index (χ0) is 25.4. The monoisotopic (exact) mass is 496 g/mol. The molecular weight excluding hydrogens is 464 g/mol. The molecule has 0 bridgehead atoms. The zero-order valence-electron chi connectivity index (χ0n) is 20.6. The van der Waals surface area contributed by atoms with Crippen molar-refractivity contribution in [3.8, 4) is 11.5 Å². The van der Waals surface area contributed by atoms with Crippen molar-refractivity contribution in [2.24, 2.45) is 0 Å². The predicted octanol–water partition coefficient (Wildman–Crippen LogP) is 4.40. The molecule has 0 aliphatic rings. The van der Waals surface area contributed by atoms with E-state index in [0.29, 0.717) is 18.0 Å². The van der Waals surface area contributed by atoms with Gasteiger partial charge >= 0.3 is 0 Å². The van der Waals surface area contributed by atoms with Crippen LogP contribution in [-0.4, -0.2) is 40.6 Å². The first-order valence-electron chi connectivity index (χ1n) is 11.5. The third-order valence-electron chi connectivity index (χ3n) is 5.57. The first-order chi connectivity index (χ1) is 16.7. The average molecular weight is 497 g/mol. The number of carbonyl (C=O) groups is 1. The van der Waals surface area contributed by atoms with Gasteiger partial charge in [-0.1, -0.05) is 42.0 Å². The van der Waals surface area contributed by atoms with Crippen LogP contribution in [0.1, 0.15) is 23.6 Å². The molecule has 35 heavy (non-hydrogen) atoms. The Labute approximate surface area is 207 Å². The predicted molar refractivity (Wildman–Crippen MR) is 138 cm³/mol. The van der Waals surface area contributed by atoms with Crippen LogP contribution < -0.4 is 19.1 Å². The first-order valence-corrected chi connectivity index (χ1v) is 12.9. The van der Waals surface area contributed by atoms with Crippen molar-refractivity contribution in [2.75, 3.05) is 30.6 Å². The Hall–Kier alpha value is -3.52. The molecule has 1 amide bonds. The molecule has 0 radical (unpaired) electrons. The van der Waals surface area contributed by atoms with Crippen LogP contribution >= 0.6 is 0 Å². The van der Waals surface area contributed by atoms with Gasteiger partial charge in [-0.3, -0.25) is 9.10 Å². The SMILES string of the molecule is CCOc1ccccc1N(CC(=O)NCCOc1cccc(C)c1C)S(=O)(=O)c1ccc(C)cc1. The van der Waals surface area contributed by atoms with Crippen molar-refractivity contribution >= 4 is 21.6 Å². The number of nitrogens with one attached hydrogen (secondary N) is 1. The van der Waals surface area contributed by atoms with Crippen LogP contribution in [0.3, 0.4) is 0 Å². The lowest BCUT2D eigenvalue weighted by molar-refractivity contribution is -0.119. The van der Waals surface area contributed by atoms with Gasteiger partial charge in [-0.25, -0.2) is 8.42 Å². The second-order valence-electron chi connectivity index (χ2n) is 8.12. The molecule has 3 aromatic carbocycles. The Morgan fingerprint density at radius 1 is 0.886 bits per heavy atom. The summed E-state index contributed by atoms with van der Waals surface area (Å²) in [6.45, 7) is 8.14. The number of anilines is 1. The number of rotatable bonds is 11. The Morgan fingerprint density at radius 3 is 2.29 bits per heavy atom.